The molecule has 0 N–H and O–H groups in total. The van der Waals surface area contributed by atoms with Crippen LogP contribution in [0.25, 0.3) is 6.08 Å². The van der Waals surface area contributed by atoms with E-state index < -0.39 is 0 Å². The molecule has 0 fully saturated rings. The number of hydrogen-bond acceptors (Lipinski definition) is 4. The Morgan fingerprint density at radius 2 is 1.79 bits per heavy atom. The van der Waals surface area contributed by atoms with Gasteiger partial charge in [-0.15, -0.1) is 0 Å². The first-order valence-electron chi connectivity index (χ1n) is 9.31. The number of hydrogen-bond donors (Lipinski definition) is 0. The molecule has 1 heterocycles. The topological polar surface area (TPSA) is 44.8 Å². The summed E-state index contributed by atoms with van der Waals surface area (Å²) in [6.45, 7) is 2.91. The van der Waals surface area contributed by atoms with Gasteiger partial charge >= 0.3 is 0 Å². The van der Waals surface area contributed by atoms with Gasteiger partial charge in [0.1, 0.15) is 23.9 Å². The second-order valence-electron chi connectivity index (χ2n) is 6.48. The fraction of sp³-hybridized carbons (Fsp3) is 0.125. The first-order chi connectivity index (χ1) is 14.1. The Morgan fingerprint density at radius 3 is 2.59 bits per heavy atom. The third-order valence-electron chi connectivity index (χ3n) is 4.47. The Kier molecular flexibility index (Phi) is 5.67. The smallest absolute Gasteiger partial charge is 0.231 e. The fourth-order valence-corrected chi connectivity index (χ4v) is 3.30. The lowest BCUT2D eigenvalue weighted by atomic mass is 10.1. The number of ketones is 1. The van der Waals surface area contributed by atoms with Gasteiger partial charge in [-0.05, 0) is 48.9 Å². The molecule has 3 aromatic rings. The molecule has 5 heteroatoms. The molecular formula is C24H19BrO4. The molecule has 0 atom stereocenters. The van der Waals surface area contributed by atoms with Crippen LogP contribution in [0.5, 0.6) is 17.2 Å². The molecule has 4 rings (SSSR count). The molecule has 0 bridgehead atoms. The molecule has 0 unspecified atom stereocenters. The minimum absolute atomic E-state index is 0.147. The average molecular weight is 451 g/mol. The summed E-state index contributed by atoms with van der Waals surface area (Å²) < 4.78 is 18.3. The highest BCUT2D eigenvalue weighted by Crippen LogP contribution is 2.36. The number of ether oxygens (including phenoxy) is 3. The lowest BCUT2D eigenvalue weighted by Crippen LogP contribution is -1.99. The number of para-hydroxylation sites is 1. The van der Waals surface area contributed by atoms with Gasteiger partial charge in [-0.3, -0.25) is 4.79 Å². The Hall–Kier alpha value is -3.05. The van der Waals surface area contributed by atoms with Crippen molar-refractivity contribution in [3.8, 4) is 17.2 Å². The lowest BCUT2D eigenvalue weighted by Gasteiger charge is -2.08. The molecule has 0 amide bonds. The molecule has 146 valence electrons. The molecule has 0 saturated heterocycles. The van der Waals surface area contributed by atoms with Crippen molar-refractivity contribution >= 4 is 27.8 Å². The molecule has 0 saturated carbocycles. The zero-order valence-corrected chi connectivity index (χ0v) is 17.4. The monoisotopic (exact) mass is 450 g/mol. The summed E-state index contributed by atoms with van der Waals surface area (Å²) in [5, 5.41) is 0. The van der Waals surface area contributed by atoms with E-state index >= 15 is 0 Å². The van der Waals surface area contributed by atoms with Crippen molar-refractivity contribution in [1.29, 1.82) is 0 Å². The van der Waals surface area contributed by atoms with Crippen LogP contribution in [0.15, 0.2) is 77.0 Å². The first-order valence-corrected chi connectivity index (χ1v) is 10.1. The van der Waals surface area contributed by atoms with Crippen molar-refractivity contribution in [2.45, 2.75) is 13.5 Å². The summed E-state index contributed by atoms with van der Waals surface area (Å²) >= 11 is 3.42. The zero-order valence-electron chi connectivity index (χ0n) is 15.9. The predicted molar refractivity (Wildman–Crippen MR) is 115 cm³/mol. The Labute approximate surface area is 177 Å². The Balaban J connectivity index is 1.52. The van der Waals surface area contributed by atoms with Crippen LogP contribution < -0.4 is 14.2 Å². The van der Waals surface area contributed by atoms with E-state index in [2.05, 4.69) is 15.9 Å². The summed E-state index contributed by atoms with van der Waals surface area (Å²) in [5.41, 5.74) is 2.39. The number of rotatable bonds is 6. The van der Waals surface area contributed by atoms with E-state index in [0.717, 1.165) is 15.6 Å². The number of benzene rings is 3. The fourth-order valence-electron chi connectivity index (χ4n) is 3.03. The van der Waals surface area contributed by atoms with Crippen molar-refractivity contribution in [1.82, 2.24) is 0 Å². The minimum atomic E-state index is -0.147. The first kappa shape index (κ1) is 19.3. The van der Waals surface area contributed by atoms with Gasteiger partial charge < -0.3 is 14.2 Å². The SMILES string of the molecule is CCOc1ccccc1C=C1Oc2cc(OCc3ccc(Br)cc3)ccc2C1=O. The highest BCUT2D eigenvalue weighted by molar-refractivity contribution is 9.10. The van der Waals surface area contributed by atoms with Crippen molar-refractivity contribution in [2.24, 2.45) is 0 Å². The summed E-state index contributed by atoms with van der Waals surface area (Å²) in [6.07, 6.45) is 1.72. The second kappa shape index (κ2) is 8.53. The Morgan fingerprint density at radius 1 is 1.00 bits per heavy atom. The van der Waals surface area contributed by atoms with Crippen LogP contribution in [0.4, 0.5) is 0 Å². The van der Waals surface area contributed by atoms with E-state index in [9.17, 15) is 4.79 Å². The minimum Gasteiger partial charge on any atom is -0.493 e. The van der Waals surface area contributed by atoms with Gasteiger partial charge in [-0.1, -0.05) is 46.3 Å². The van der Waals surface area contributed by atoms with E-state index in [1.165, 1.54) is 0 Å². The van der Waals surface area contributed by atoms with Crippen LogP contribution >= 0.6 is 15.9 Å². The summed E-state index contributed by atoms with van der Waals surface area (Å²) in [5.74, 6) is 2.00. The molecule has 1 aliphatic rings. The van der Waals surface area contributed by atoms with E-state index in [1.54, 1.807) is 24.3 Å². The van der Waals surface area contributed by atoms with Gasteiger partial charge in [0, 0.05) is 16.1 Å². The number of Topliss-reactive ketones (excluding diaryl/α,β-unsaturated/α-hetero) is 1. The highest BCUT2D eigenvalue weighted by atomic mass is 79.9. The van der Waals surface area contributed by atoms with Gasteiger partial charge in [0.2, 0.25) is 5.78 Å². The molecule has 0 aliphatic carbocycles. The number of carbonyl (C=O) groups is 1. The maximum absolute atomic E-state index is 12.7. The highest BCUT2D eigenvalue weighted by Gasteiger charge is 2.28. The van der Waals surface area contributed by atoms with Gasteiger partial charge in [0.25, 0.3) is 0 Å². The molecular weight excluding hydrogens is 432 g/mol. The van der Waals surface area contributed by atoms with Crippen molar-refractivity contribution < 1.29 is 19.0 Å². The second-order valence-corrected chi connectivity index (χ2v) is 7.40. The van der Waals surface area contributed by atoms with Crippen molar-refractivity contribution in [2.75, 3.05) is 6.61 Å². The molecule has 0 spiro atoms. The number of allylic oxidation sites excluding steroid dienone is 1. The van der Waals surface area contributed by atoms with Crippen molar-refractivity contribution in [3.05, 3.63) is 93.7 Å². The molecule has 1 aliphatic heterocycles. The average Bonchev–Trinajstić information content (AvgIpc) is 3.04. The summed E-state index contributed by atoms with van der Waals surface area (Å²) in [6, 6.07) is 20.8. The third kappa shape index (κ3) is 4.35. The molecule has 0 aromatic heterocycles. The quantitative estimate of drug-likeness (QED) is 0.429. The maximum Gasteiger partial charge on any atom is 0.231 e. The van der Waals surface area contributed by atoms with Gasteiger partial charge in [-0.2, -0.15) is 0 Å². The summed E-state index contributed by atoms with van der Waals surface area (Å²) in [4.78, 5) is 12.7. The van der Waals surface area contributed by atoms with Crippen molar-refractivity contribution in [3.63, 3.8) is 0 Å². The lowest BCUT2D eigenvalue weighted by molar-refractivity contribution is 0.101. The van der Waals surface area contributed by atoms with Gasteiger partial charge in [0.15, 0.2) is 5.76 Å². The molecule has 29 heavy (non-hydrogen) atoms. The number of carbonyl (C=O) groups excluding carboxylic acids is 1. The molecule has 3 aromatic carbocycles. The van der Waals surface area contributed by atoms with Crippen LogP contribution in [0.3, 0.4) is 0 Å². The van der Waals surface area contributed by atoms with E-state index in [1.807, 2.05) is 55.5 Å². The standard InChI is InChI=1S/C24H19BrO4/c1-2-27-21-6-4-3-5-17(21)13-23-24(26)20-12-11-19(14-22(20)29-23)28-15-16-7-9-18(25)10-8-16/h3-14H,2,15H2,1H3. The van der Waals surface area contributed by atoms with Gasteiger partial charge in [-0.25, -0.2) is 0 Å². The van der Waals surface area contributed by atoms with Crippen LogP contribution in [0, 0.1) is 0 Å². The maximum atomic E-state index is 12.7. The largest absolute Gasteiger partial charge is 0.493 e. The number of halogens is 1. The van der Waals surface area contributed by atoms with Crippen LogP contribution in [-0.2, 0) is 6.61 Å². The Bertz CT molecular complexity index is 1070. The molecule has 4 nitrogen and oxygen atoms in total. The van der Waals surface area contributed by atoms with Crippen LogP contribution in [0.1, 0.15) is 28.4 Å². The van der Waals surface area contributed by atoms with E-state index in [4.69, 9.17) is 14.2 Å². The third-order valence-corrected chi connectivity index (χ3v) is 4.99. The molecule has 0 radical (unpaired) electrons. The van der Waals surface area contributed by atoms with Crippen LogP contribution in [0.2, 0.25) is 0 Å². The zero-order chi connectivity index (χ0) is 20.2. The normalized spacial score (nSPS) is 13.9. The predicted octanol–water partition coefficient (Wildman–Crippen LogP) is 6.04. The van der Waals surface area contributed by atoms with E-state index in [0.29, 0.717) is 36.0 Å². The van der Waals surface area contributed by atoms with E-state index in [-0.39, 0.29) is 11.5 Å². The van der Waals surface area contributed by atoms with Gasteiger partial charge in [0.05, 0.1) is 12.2 Å². The summed E-state index contributed by atoms with van der Waals surface area (Å²) in [7, 11) is 0. The number of fused-ring (bicyclic) bond motifs is 1. The van der Waals surface area contributed by atoms with Crippen LogP contribution in [-0.4, -0.2) is 12.4 Å².